The summed E-state index contributed by atoms with van der Waals surface area (Å²) in [6, 6.07) is 8.34. The molecular formula is C16H20ClN3. The molecule has 0 aliphatic heterocycles. The second-order valence-electron chi connectivity index (χ2n) is 5.29. The standard InChI is InChI=1S/C16H20ClN3/c1-2-18-15-5-3-4-6-16-14(15)11-19-20(16)13-9-7-12(17)8-10-13/h7-11,15,18H,2-6H2,1H3. The molecule has 106 valence electrons. The number of halogens is 1. The first kappa shape index (κ1) is 13.7. The summed E-state index contributed by atoms with van der Waals surface area (Å²) in [5.74, 6) is 0. The molecule has 1 aromatic heterocycles. The first-order valence-electron chi connectivity index (χ1n) is 7.35. The van der Waals surface area contributed by atoms with E-state index in [-0.39, 0.29) is 0 Å². The lowest BCUT2D eigenvalue weighted by Gasteiger charge is -2.15. The molecule has 0 radical (unpaired) electrons. The Morgan fingerprint density at radius 2 is 2.10 bits per heavy atom. The van der Waals surface area contributed by atoms with Gasteiger partial charge in [0.1, 0.15) is 0 Å². The van der Waals surface area contributed by atoms with Crippen LogP contribution in [0.15, 0.2) is 30.5 Å². The van der Waals surface area contributed by atoms with Gasteiger partial charge in [-0.2, -0.15) is 5.10 Å². The molecular weight excluding hydrogens is 270 g/mol. The van der Waals surface area contributed by atoms with Crippen molar-refractivity contribution in [1.82, 2.24) is 15.1 Å². The van der Waals surface area contributed by atoms with Crippen molar-refractivity contribution < 1.29 is 0 Å². The van der Waals surface area contributed by atoms with Gasteiger partial charge < -0.3 is 5.32 Å². The van der Waals surface area contributed by atoms with Crippen LogP contribution >= 0.6 is 11.6 Å². The summed E-state index contributed by atoms with van der Waals surface area (Å²) in [5, 5.41) is 8.95. The summed E-state index contributed by atoms with van der Waals surface area (Å²) in [7, 11) is 0. The summed E-state index contributed by atoms with van der Waals surface area (Å²) in [5.41, 5.74) is 3.79. The van der Waals surface area contributed by atoms with Crippen LogP contribution in [0.2, 0.25) is 5.02 Å². The highest BCUT2D eigenvalue weighted by Gasteiger charge is 2.22. The third-order valence-electron chi connectivity index (χ3n) is 3.95. The molecule has 0 fully saturated rings. The van der Waals surface area contributed by atoms with Gasteiger partial charge in [-0.1, -0.05) is 24.9 Å². The van der Waals surface area contributed by atoms with Gasteiger partial charge in [-0.3, -0.25) is 0 Å². The van der Waals surface area contributed by atoms with Crippen molar-refractivity contribution in [2.24, 2.45) is 0 Å². The van der Waals surface area contributed by atoms with Gasteiger partial charge in [0.2, 0.25) is 0 Å². The number of nitrogens with zero attached hydrogens (tertiary/aromatic N) is 2. The molecule has 1 heterocycles. The van der Waals surface area contributed by atoms with E-state index in [1.165, 1.54) is 30.5 Å². The highest BCUT2D eigenvalue weighted by atomic mass is 35.5. The predicted molar refractivity (Wildman–Crippen MR) is 82.5 cm³/mol. The minimum absolute atomic E-state index is 0.443. The van der Waals surface area contributed by atoms with Crippen molar-refractivity contribution in [2.75, 3.05) is 6.54 Å². The van der Waals surface area contributed by atoms with E-state index >= 15 is 0 Å². The molecule has 0 amide bonds. The fourth-order valence-corrected chi connectivity index (χ4v) is 3.11. The zero-order valence-electron chi connectivity index (χ0n) is 11.8. The number of nitrogens with one attached hydrogen (secondary N) is 1. The lowest BCUT2D eigenvalue weighted by molar-refractivity contribution is 0.503. The van der Waals surface area contributed by atoms with Gasteiger partial charge in [-0.15, -0.1) is 0 Å². The first-order valence-corrected chi connectivity index (χ1v) is 7.73. The third kappa shape index (κ3) is 2.60. The van der Waals surface area contributed by atoms with Crippen LogP contribution < -0.4 is 5.32 Å². The van der Waals surface area contributed by atoms with Crippen LogP contribution in [0.25, 0.3) is 5.69 Å². The van der Waals surface area contributed by atoms with Crippen LogP contribution in [0.1, 0.15) is 43.5 Å². The molecule has 0 saturated heterocycles. The van der Waals surface area contributed by atoms with Gasteiger partial charge in [-0.05, 0) is 50.1 Å². The number of hydrogen-bond donors (Lipinski definition) is 1. The summed E-state index contributed by atoms with van der Waals surface area (Å²) in [6.45, 7) is 3.16. The van der Waals surface area contributed by atoms with E-state index in [0.29, 0.717) is 6.04 Å². The molecule has 20 heavy (non-hydrogen) atoms. The molecule has 4 heteroatoms. The Balaban J connectivity index is 2.00. The summed E-state index contributed by atoms with van der Waals surface area (Å²) in [6.07, 6.45) is 6.83. The highest BCUT2D eigenvalue weighted by molar-refractivity contribution is 6.30. The average molecular weight is 290 g/mol. The Morgan fingerprint density at radius 1 is 1.30 bits per heavy atom. The Hall–Kier alpha value is -1.32. The Labute approximate surface area is 124 Å². The number of aromatic nitrogens is 2. The van der Waals surface area contributed by atoms with Crippen LogP contribution in [-0.4, -0.2) is 16.3 Å². The van der Waals surface area contributed by atoms with Gasteiger partial charge in [0, 0.05) is 22.3 Å². The van der Waals surface area contributed by atoms with Crippen molar-refractivity contribution in [3.05, 3.63) is 46.7 Å². The monoisotopic (exact) mass is 289 g/mol. The van der Waals surface area contributed by atoms with Gasteiger partial charge in [0.15, 0.2) is 0 Å². The molecule has 1 unspecified atom stereocenters. The zero-order chi connectivity index (χ0) is 13.9. The molecule has 2 aromatic rings. The van der Waals surface area contributed by atoms with E-state index < -0.39 is 0 Å². The van der Waals surface area contributed by atoms with E-state index in [1.807, 2.05) is 30.5 Å². The van der Waals surface area contributed by atoms with E-state index in [9.17, 15) is 0 Å². The second kappa shape index (κ2) is 5.98. The van der Waals surface area contributed by atoms with E-state index in [2.05, 4.69) is 22.0 Å². The number of hydrogen-bond acceptors (Lipinski definition) is 2. The lowest BCUT2D eigenvalue weighted by Crippen LogP contribution is -2.20. The van der Waals surface area contributed by atoms with Crippen LogP contribution in [0, 0.1) is 0 Å². The molecule has 1 aromatic carbocycles. The average Bonchev–Trinajstić information content (AvgIpc) is 2.77. The third-order valence-corrected chi connectivity index (χ3v) is 4.21. The van der Waals surface area contributed by atoms with E-state index in [1.54, 1.807) is 0 Å². The maximum absolute atomic E-state index is 5.97. The normalized spacial score (nSPS) is 18.6. The lowest BCUT2D eigenvalue weighted by atomic mass is 10.1. The quantitative estimate of drug-likeness (QED) is 0.869. The molecule has 1 aliphatic rings. The van der Waals surface area contributed by atoms with Crippen LogP contribution in [-0.2, 0) is 6.42 Å². The topological polar surface area (TPSA) is 29.9 Å². The number of benzene rings is 1. The smallest absolute Gasteiger partial charge is 0.0649 e. The van der Waals surface area contributed by atoms with Crippen molar-refractivity contribution in [1.29, 1.82) is 0 Å². The van der Waals surface area contributed by atoms with Crippen molar-refractivity contribution in [2.45, 2.75) is 38.6 Å². The molecule has 3 nitrogen and oxygen atoms in total. The largest absolute Gasteiger partial charge is 0.310 e. The second-order valence-corrected chi connectivity index (χ2v) is 5.73. The molecule has 0 saturated carbocycles. The molecule has 1 aliphatic carbocycles. The maximum Gasteiger partial charge on any atom is 0.0649 e. The zero-order valence-corrected chi connectivity index (χ0v) is 12.5. The van der Waals surface area contributed by atoms with E-state index in [4.69, 9.17) is 11.6 Å². The Bertz CT molecular complexity index is 574. The summed E-state index contributed by atoms with van der Waals surface area (Å²) >= 11 is 5.97. The Morgan fingerprint density at radius 3 is 2.85 bits per heavy atom. The van der Waals surface area contributed by atoms with Gasteiger partial charge in [0.05, 0.1) is 11.9 Å². The van der Waals surface area contributed by atoms with Crippen molar-refractivity contribution >= 4 is 11.6 Å². The summed E-state index contributed by atoms with van der Waals surface area (Å²) in [4.78, 5) is 0. The molecule has 0 bridgehead atoms. The SMILES string of the molecule is CCNC1CCCCc2c1cnn2-c1ccc(Cl)cc1. The van der Waals surface area contributed by atoms with Crippen LogP contribution in [0.5, 0.6) is 0 Å². The fraction of sp³-hybridized carbons (Fsp3) is 0.438. The van der Waals surface area contributed by atoms with Crippen LogP contribution in [0.3, 0.4) is 0 Å². The fourth-order valence-electron chi connectivity index (χ4n) is 2.99. The molecule has 3 rings (SSSR count). The van der Waals surface area contributed by atoms with E-state index in [0.717, 1.165) is 23.7 Å². The van der Waals surface area contributed by atoms with Gasteiger partial charge >= 0.3 is 0 Å². The molecule has 1 N–H and O–H groups in total. The maximum atomic E-state index is 5.97. The van der Waals surface area contributed by atoms with Crippen molar-refractivity contribution in [3.8, 4) is 5.69 Å². The Kier molecular flexibility index (Phi) is 4.08. The summed E-state index contributed by atoms with van der Waals surface area (Å²) < 4.78 is 2.07. The van der Waals surface area contributed by atoms with Crippen LogP contribution in [0.4, 0.5) is 0 Å². The van der Waals surface area contributed by atoms with Gasteiger partial charge in [0.25, 0.3) is 0 Å². The minimum Gasteiger partial charge on any atom is -0.310 e. The predicted octanol–water partition coefficient (Wildman–Crippen LogP) is 3.90. The first-order chi connectivity index (χ1) is 9.79. The minimum atomic E-state index is 0.443. The molecule has 1 atom stereocenters. The van der Waals surface area contributed by atoms with Gasteiger partial charge in [-0.25, -0.2) is 4.68 Å². The highest BCUT2D eigenvalue weighted by Crippen LogP contribution is 2.30. The number of rotatable bonds is 3. The number of fused-ring (bicyclic) bond motifs is 1. The van der Waals surface area contributed by atoms with Crippen molar-refractivity contribution in [3.63, 3.8) is 0 Å². The molecule has 0 spiro atoms.